The van der Waals surface area contributed by atoms with Gasteiger partial charge in [-0.3, -0.25) is 0 Å². The van der Waals surface area contributed by atoms with Crippen molar-refractivity contribution in [1.29, 1.82) is 0 Å². The predicted octanol–water partition coefficient (Wildman–Crippen LogP) is 3.39. The average molecular weight is 189 g/mol. The normalized spacial score (nSPS) is 15.4. The largest absolute Gasteiger partial charge is 0.383 e. The van der Waals surface area contributed by atoms with Crippen LogP contribution in [0.25, 0.3) is 0 Å². The molecule has 76 valence electrons. The van der Waals surface area contributed by atoms with Crippen molar-refractivity contribution in [2.75, 3.05) is 5.32 Å². The van der Waals surface area contributed by atoms with E-state index in [0.717, 1.165) is 0 Å². The summed E-state index contributed by atoms with van der Waals surface area (Å²) in [5.41, 5.74) is 4.40. The maximum absolute atomic E-state index is 3.45. The molecule has 1 nitrogen and oxygen atoms in total. The molecule has 14 heavy (non-hydrogen) atoms. The number of anilines is 1. The first kappa shape index (κ1) is 9.57. The molecule has 0 unspecified atom stereocenters. The maximum Gasteiger partial charge on any atom is 0.0345 e. The molecule has 0 saturated carbocycles. The molecule has 0 radical (unpaired) electrons. The fraction of sp³-hybridized carbons (Fsp3) is 0.538. The Morgan fingerprint density at radius 3 is 2.50 bits per heavy atom. The second kappa shape index (κ2) is 4.04. The number of nitrogens with one attached hydrogen (secondary N) is 1. The summed E-state index contributed by atoms with van der Waals surface area (Å²) >= 11 is 0. The minimum Gasteiger partial charge on any atom is -0.383 e. The summed E-state index contributed by atoms with van der Waals surface area (Å²) in [5, 5.41) is 3.45. The van der Waals surface area contributed by atoms with Crippen molar-refractivity contribution in [2.45, 2.75) is 45.6 Å². The van der Waals surface area contributed by atoms with Crippen LogP contribution in [0, 0.1) is 0 Å². The standard InChI is InChI=1S/C13H19N/c1-10(2)14-13-8-7-11-5-3-4-6-12(11)9-13/h7-10,14H,3-6H2,1-2H3. The molecule has 1 aliphatic rings. The Kier molecular flexibility index (Phi) is 2.76. The highest BCUT2D eigenvalue weighted by molar-refractivity contribution is 5.49. The summed E-state index contributed by atoms with van der Waals surface area (Å²) in [5.74, 6) is 0. The predicted molar refractivity (Wildman–Crippen MR) is 61.8 cm³/mol. The van der Waals surface area contributed by atoms with E-state index < -0.39 is 0 Å². The Bertz CT molecular complexity index is 315. The highest BCUT2D eigenvalue weighted by atomic mass is 14.9. The Labute approximate surface area is 86.5 Å². The lowest BCUT2D eigenvalue weighted by atomic mass is 9.91. The van der Waals surface area contributed by atoms with Crippen molar-refractivity contribution in [2.24, 2.45) is 0 Å². The summed E-state index contributed by atoms with van der Waals surface area (Å²) in [6, 6.07) is 7.36. The lowest BCUT2D eigenvalue weighted by Crippen LogP contribution is -2.11. The van der Waals surface area contributed by atoms with Crippen LogP contribution in [-0.4, -0.2) is 6.04 Å². The fourth-order valence-electron chi connectivity index (χ4n) is 2.16. The molecule has 1 aliphatic carbocycles. The van der Waals surface area contributed by atoms with E-state index in [1.807, 2.05) is 0 Å². The van der Waals surface area contributed by atoms with E-state index in [9.17, 15) is 0 Å². The van der Waals surface area contributed by atoms with Gasteiger partial charge in [-0.05, 0) is 62.8 Å². The van der Waals surface area contributed by atoms with Gasteiger partial charge in [0.05, 0.1) is 0 Å². The molecule has 0 fully saturated rings. The second-order valence-electron chi connectivity index (χ2n) is 4.49. The van der Waals surface area contributed by atoms with Crippen LogP contribution in [0.2, 0.25) is 0 Å². The van der Waals surface area contributed by atoms with Gasteiger partial charge in [-0.1, -0.05) is 6.07 Å². The molecular formula is C13H19N. The van der Waals surface area contributed by atoms with Gasteiger partial charge in [-0.15, -0.1) is 0 Å². The number of rotatable bonds is 2. The molecule has 1 aromatic carbocycles. The zero-order chi connectivity index (χ0) is 9.97. The van der Waals surface area contributed by atoms with Crippen LogP contribution in [0.1, 0.15) is 37.8 Å². The van der Waals surface area contributed by atoms with Crippen molar-refractivity contribution in [3.63, 3.8) is 0 Å². The number of hydrogen-bond acceptors (Lipinski definition) is 1. The Balaban J connectivity index is 2.20. The SMILES string of the molecule is CC(C)Nc1ccc2c(c1)CCCC2. The lowest BCUT2D eigenvalue weighted by molar-refractivity contribution is 0.685. The number of hydrogen-bond donors (Lipinski definition) is 1. The van der Waals surface area contributed by atoms with E-state index in [1.54, 1.807) is 11.1 Å². The van der Waals surface area contributed by atoms with Gasteiger partial charge in [0, 0.05) is 11.7 Å². The molecule has 0 bridgehead atoms. The quantitative estimate of drug-likeness (QED) is 0.752. The maximum atomic E-state index is 3.45. The van der Waals surface area contributed by atoms with Crippen LogP contribution >= 0.6 is 0 Å². The van der Waals surface area contributed by atoms with Crippen molar-refractivity contribution < 1.29 is 0 Å². The van der Waals surface area contributed by atoms with Gasteiger partial charge in [0.2, 0.25) is 0 Å². The van der Waals surface area contributed by atoms with Crippen LogP contribution in [0.3, 0.4) is 0 Å². The molecule has 2 rings (SSSR count). The topological polar surface area (TPSA) is 12.0 Å². The van der Waals surface area contributed by atoms with Crippen LogP contribution < -0.4 is 5.32 Å². The molecule has 0 aromatic heterocycles. The Morgan fingerprint density at radius 2 is 1.79 bits per heavy atom. The van der Waals surface area contributed by atoms with E-state index in [-0.39, 0.29) is 0 Å². The van der Waals surface area contributed by atoms with Gasteiger partial charge in [0.1, 0.15) is 0 Å². The monoisotopic (exact) mass is 189 g/mol. The fourth-order valence-corrected chi connectivity index (χ4v) is 2.16. The molecule has 1 N–H and O–H groups in total. The van der Waals surface area contributed by atoms with Gasteiger partial charge in [0.25, 0.3) is 0 Å². The zero-order valence-electron chi connectivity index (χ0n) is 9.14. The van der Waals surface area contributed by atoms with Crippen molar-refractivity contribution in [1.82, 2.24) is 0 Å². The Morgan fingerprint density at radius 1 is 1.07 bits per heavy atom. The molecule has 0 spiro atoms. The van der Waals surface area contributed by atoms with Gasteiger partial charge in [-0.25, -0.2) is 0 Å². The summed E-state index contributed by atoms with van der Waals surface area (Å²) in [7, 11) is 0. The van der Waals surface area contributed by atoms with E-state index >= 15 is 0 Å². The van der Waals surface area contributed by atoms with Crippen LogP contribution in [0.15, 0.2) is 18.2 Å². The average Bonchev–Trinajstić information content (AvgIpc) is 2.17. The van der Waals surface area contributed by atoms with Crippen LogP contribution in [0.4, 0.5) is 5.69 Å². The molecule has 0 aliphatic heterocycles. The number of fused-ring (bicyclic) bond motifs is 1. The van der Waals surface area contributed by atoms with Crippen LogP contribution in [0.5, 0.6) is 0 Å². The molecule has 0 atom stereocenters. The number of benzene rings is 1. The third kappa shape index (κ3) is 2.09. The molecule has 0 amide bonds. The third-order valence-electron chi connectivity index (χ3n) is 2.80. The van der Waals surface area contributed by atoms with E-state index in [0.29, 0.717) is 6.04 Å². The molecular weight excluding hydrogens is 170 g/mol. The van der Waals surface area contributed by atoms with Crippen molar-refractivity contribution in [3.05, 3.63) is 29.3 Å². The zero-order valence-corrected chi connectivity index (χ0v) is 9.14. The minimum absolute atomic E-state index is 0.525. The smallest absolute Gasteiger partial charge is 0.0345 e. The summed E-state index contributed by atoms with van der Waals surface area (Å²) in [6.07, 6.45) is 5.27. The highest BCUT2D eigenvalue weighted by Gasteiger charge is 2.09. The Hall–Kier alpha value is -0.980. The van der Waals surface area contributed by atoms with E-state index in [1.165, 1.54) is 31.4 Å². The van der Waals surface area contributed by atoms with Crippen molar-refractivity contribution in [3.8, 4) is 0 Å². The van der Waals surface area contributed by atoms with Crippen molar-refractivity contribution >= 4 is 5.69 Å². The molecule has 1 aromatic rings. The van der Waals surface area contributed by atoms with Gasteiger partial charge in [-0.2, -0.15) is 0 Å². The van der Waals surface area contributed by atoms with Gasteiger partial charge in [0.15, 0.2) is 0 Å². The second-order valence-corrected chi connectivity index (χ2v) is 4.49. The first-order chi connectivity index (χ1) is 6.75. The van der Waals surface area contributed by atoms with Crippen LogP contribution in [-0.2, 0) is 12.8 Å². The van der Waals surface area contributed by atoms with Gasteiger partial charge < -0.3 is 5.32 Å². The van der Waals surface area contributed by atoms with Gasteiger partial charge >= 0.3 is 0 Å². The summed E-state index contributed by atoms with van der Waals surface area (Å²) in [6.45, 7) is 4.36. The molecule has 0 saturated heterocycles. The summed E-state index contributed by atoms with van der Waals surface area (Å²) in [4.78, 5) is 0. The molecule has 0 heterocycles. The molecule has 1 heteroatoms. The third-order valence-corrected chi connectivity index (χ3v) is 2.80. The number of aryl methyl sites for hydroxylation is 2. The van der Waals surface area contributed by atoms with E-state index in [2.05, 4.69) is 37.4 Å². The minimum atomic E-state index is 0.525. The van der Waals surface area contributed by atoms with E-state index in [4.69, 9.17) is 0 Å². The first-order valence-corrected chi connectivity index (χ1v) is 5.64. The highest BCUT2D eigenvalue weighted by Crippen LogP contribution is 2.24. The first-order valence-electron chi connectivity index (χ1n) is 5.64. The lowest BCUT2D eigenvalue weighted by Gasteiger charge is -2.18. The summed E-state index contributed by atoms with van der Waals surface area (Å²) < 4.78 is 0.